The van der Waals surface area contributed by atoms with Gasteiger partial charge in [-0.25, -0.2) is 0 Å². The molecule has 0 aliphatic carbocycles. The number of aromatic nitrogens is 1. The molecule has 1 atom stereocenters. The van der Waals surface area contributed by atoms with Gasteiger partial charge in [-0.15, -0.1) is 11.3 Å². The highest BCUT2D eigenvalue weighted by Gasteiger charge is 2.06. The molecule has 0 saturated heterocycles. The fourth-order valence-corrected chi connectivity index (χ4v) is 3.23. The molecule has 2 N–H and O–H groups in total. The second kappa shape index (κ2) is 5.59. The third kappa shape index (κ3) is 2.88. The maximum absolute atomic E-state index is 3.61. The first-order valence-electron chi connectivity index (χ1n) is 6.63. The summed E-state index contributed by atoms with van der Waals surface area (Å²) >= 11 is 1.83. The van der Waals surface area contributed by atoms with Gasteiger partial charge in [0.05, 0.1) is 0 Å². The molecule has 19 heavy (non-hydrogen) atoms. The Morgan fingerprint density at radius 3 is 3.00 bits per heavy atom. The molecule has 1 aromatic carbocycles. The molecule has 3 aromatic rings. The number of hydrogen-bond donors (Lipinski definition) is 2. The zero-order valence-electron chi connectivity index (χ0n) is 11.0. The van der Waals surface area contributed by atoms with Crippen LogP contribution in [0.2, 0.25) is 0 Å². The fraction of sp³-hybridized carbons (Fsp3) is 0.250. The van der Waals surface area contributed by atoms with Crippen molar-refractivity contribution >= 4 is 22.2 Å². The minimum atomic E-state index is 0.493. The fourth-order valence-electron chi connectivity index (χ4n) is 2.39. The van der Waals surface area contributed by atoms with Gasteiger partial charge in [0.15, 0.2) is 0 Å². The smallest absolute Gasteiger partial charge is 0.0457 e. The number of thiophene rings is 1. The van der Waals surface area contributed by atoms with Crippen LogP contribution in [-0.4, -0.2) is 11.0 Å². The second-order valence-corrected chi connectivity index (χ2v) is 5.95. The van der Waals surface area contributed by atoms with Crippen LogP contribution in [0, 0.1) is 0 Å². The van der Waals surface area contributed by atoms with E-state index in [1.165, 1.54) is 21.3 Å². The minimum Gasteiger partial charge on any atom is -0.361 e. The van der Waals surface area contributed by atoms with Gasteiger partial charge in [0.1, 0.15) is 0 Å². The van der Waals surface area contributed by atoms with E-state index in [4.69, 9.17) is 0 Å². The van der Waals surface area contributed by atoms with Crippen molar-refractivity contribution in [1.29, 1.82) is 0 Å². The van der Waals surface area contributed by atoms with E-state index in [0.29, 0.717) is 6.04 Å². The van der Waals surface area contributed by atoms with Crippen LogP contribution in [0.3, 0.4) is 0 Å². The van der Waals surface area contributed by atoms with E-state index in [9.17, 15) is 0 Å². The molecule has 0 fully saturated rings. The average Bonchev–Trinajstić information content (AvgIpc) is 3.06. The van der Waals surface area contributed by atoms with E-state index >= 15 is 0 Å². The van der Waals surface area contributed by atoms with E-state index in [1.807, 2.05) is 17.5 Å². The van der Waals surface area contributed by atoms with Crippen LogP contribution in [0.5, 0.6) is 0 Å². The maximum atomic E-state index is 3.61. The van der Waals surface area contributed by atoms with Gasteiger partial charge in [0, 0.05) is 34.6 Å². The highest BCUT2D eigenvalue weighted by molar-refractivity contribution is 7.09. The largest absolute Gasteiger partial charge is 0.361 e. The summed E-state index contributed by atoms with van der Waals surface area (Å²) in [7, 11) is 0. The number of aromatic amines is 1. The molecule has 0 aliphatic heterocycles. The Morgan fingerprint density at radius 1 is 1.21 bits per heavy atom. The average molecular weight is 270 g/mol. The summed E-state index contributed by atoms with van der Waals surface area (Å²) in [6.45, 7) is 3.17. The molecular formula is C16H18N2S. The standard InChI is InChI=1S/C16H18N2S/c1-12(10-14-5-3-9-19-14)18-11-13-4-2-6-16-15(13)7-8-17-16/h2-9,12,17-18H,10-11H2,1H3. The van der Waals surface area contributed by atoms with Crippen LogP contribution >= 0.6 is 11.3 Å². The number of H-pyrrole nitrogens is 1. The van der Waals surface area contributed by atoms with Gasteiger partial charge >= 0.3 is 0 Å². The number of nitrogens with one attached hydrogen (secondary N) is 2. The summed E-state index contributed by atoms with van der Waals surface area (Å²) in [6, 6.07) is 13.4. The molecule has 3 heteroatoms. The molecule has 0 bridgehead atoms. The first-order valence-corrected chi connectivity index (χ1v) is 7.51. The first-order chi connectivity index (χ1) is 9.33. The highest BCUT2D eigenvalue weighted by Crippen LogP contribution is 2.17. The number of fused-ring (bicyclic) bond motifs is 1. The Morgan fingerprint density at radius 2 is 2.16 bits per heavy atom. The lowest BCUT2D eigenvalue weighted by Gasteiger charge is -2.13. The van der Waals surface area contributed by atoms with Crippen molar-refractivity contribution in [2.45, 2.75) is 25.9 Å². The molecule has 0 aliphatic rings. The first kappa shape index (κ1) is 12.5. The number of benzene rings is 1. The monoisotopic (exact) mass is 270 g/mol. The molecule has 3 rings (SSSR count). The lowest BCUT2D eigenvalue weighted by atomic mass is 10.1. The zero-order valence-corrected chi connectivity index (χ0v) is 11.8. The summed E-state index contributed by atoms with van der Waals surface area (Å²) in [5.41, 5.74) is 2.57. The molecule has 0 amide bonds. The van der Waals surface area contributed by atoms with Gasteiger partial charge in [-0.2, -0.15) is 0 Å². The van der Waals surface area contributed by atoms with Crippen LogP contribution in [0.1, 0.15) is 17.4 Å². The summed E-state index contributed by atoms with van der Waals surface area (Å²) in [5, 5.41) is 7.07. The summed E-state index contributed by atoms with van der Waals surface area (Å²) in [4.78, 5) is 4.70. The van der Waals surface area contributed by atoms with Crippen molar-refractivity contribution in [1.82, 2.24) is 10.3 Å². The molecule has 2 heterocycles. The lowest BCUT2D eigenvalue weighted by Crippen LogP contribution is -2.27. The van der Waals surface area contributed by atoms with E-state index in [0.717, 1.165) is 13.0 Å². The molecule has 1 unspecified atom stereocenters. The van der Waals surface area contributed by atoms with Crippen LogP contribution in [0.25, 0.3) is 10.9 Å². The van der Waals surface area contributed by atoms with Crippen molar-refractivity contribution in [2.75, 3.05) is 0 Å². The van der Waals surface area contributed by atoms with Crippen molar-refractivity contribution in [3.05, 3.63) is 58.4 Å². The van der Waals surface area contributed by atoms with E-state index in [2.05, 4.69) is 59.0 Å². The lowest BCUT2D eigenvalue weighted by molar-refractivity contribution is 0.550. The van der Waals surface area contributed by atoms with Crippen LogP contribution in [-0.2, 0) is 13.0 Å². The number of hydrogen-bond acceptors (Lipinski definition) is 2. The topological polar surface area (TPSA) is 27.8 Å². The second-order valence-electron chi connectivity index (χ2n) is 4.92. The Bertz CT molecular complexity index is 640. The van der Waals surface area contributed by atoms with Crippen molar-refractivity contribution in [3.63, 3.8) is 0 Å². The highest BCUT2D eigenvalue weighted by atomic mass is 32.1. The number of rotatable bonds is 5. The van der Waals surface area contributed by atoms with Gasteiger partial charge in [-0.05, 0) is 42.5 Å². The van der Waals surface area contributed by atoms with Crippen LogP contribution in [0.15, 0.2) is 48.0 Å². The molecular weight excluding hydrogens is 252 g/mol. The van der Waals surface area contributed by atoms with Gasteiger partial charge in [-0.1, -0.05) is 18.2 Å². The Kier molecular flexibility index (Phi) is 3.67. The summed E-state index contributed by atoms with van der Waals surface area (Å²) in [5.74, 6) is 0. The Labute approximate surface area is 117 Å². The Balaban J connectivity index is 1.64. The van der Waals surface area contributed by atoms with E-state index in [-0.39, 0.29) is 0 Å². The predicted molar refractivity (Wildman–Crippen MR) is 82.6 cm³/mol. The SMILES string of the molecule is CC(Cc1cccs1)NCc1cccc2[nH]ccc12. The van der Waals surface area contributed by atoms with Gasteiger partial charge in [0.2, 0.25) is 0 Å². The molecule has 0 spiro atoms. The third-order valence-electron chi connectivity index (χ3n) is 3.41. The van der Waals surface area contributed by atoms with Gasteiger partial charge < -0.3 is 10.3 Å². The predicted octanol–water partition coefficient (Wildman–Crippen LogP) is 3.95. The molecule has 98 valence electrons. The van der Waals surface area contributed by atoms with E-state index < -0.39 is 0 Å². The molecule has 2 aromatic heterocycles. The van der Waals surface area contributed by atoms with Crippen LogP contribution in [0.4, 0.5) is 0 Å². The molecule has 2 nitrogen and oxygen atoms in total. The summed E-state index contributed by atoms with van der Waals surface area (Å²) in [6.07, 6.45) is 3.10. The normalized spacial score (nSPS) is 12.9. The molecule has 0 radical (unpaired) electrons. The summed E-state index contributed by atoms with van der Waals surface area (Å²) < 4.78 is 0. The quantitative estimate of drug-likeness (QED) is 0.722. The van der Waals surface area contributed by atoms with Crippen molar-refractivity contribution in [3.8, 4) is 0 Å². The maximum Gasteiger partial charge on any atom is 0.0457 e. The minimum absolute atomic E-state index is 0.493. The zero-order chi connectivity index (χ0) is 13.1. The molecule has 0 saturated carbocycles. The van der Waals surface area contributed by atoms with Gasteiger partial charge in [0.25, 0.3) is 0 Å². The van der Waals surface area contributed by atoms with Crippen LogP contribution < -0.4 is 5.32 Å². The van der Waals surface area contributed by atoms with E-state index in [1.54, 1.807) is 0 Å². The van der Waals surface area contributed by atoms with Crippen molar-refractivity contribution < 1.29 is 0 Å². The third-order valence-corrected chi connectivity index (χ3v) is 4.31. The Hall–Kier alpha value is -1.58. The van der Waals surface area contributed by atoms with Crippen molar-refractivity contribution in [2.24, 2.45) is 0 Å². The van der Waals surface area contributed by atoms with Gasteiger partial charge in [-0.3, -0.25) is 0 Å².